The highest BCUT2D eigenvalue weighted by atomic mass is 32.2. The van der Waals surface area contributed by atoms with E-state index in [1.807, 2.05) is 36.7 Å². The Labute approximate surface area is 150 Å². The van der Waals surface area contributed by atoms with Crippen LogP contribution >= 0.6 is 11.8 Å². The predicted molar refractivity (Wildman–Crippen MR) is 96.1 cm³/mol. The number of cyclic esters (lactones) is 1. The third-order valence-corrected chi connectivity index (χ3v) is 4.94. The van der Waals surface area contributed by atoms with Gasteiger partial charge in [-0.15, -0.1) is 0 Å². The molecule has 25 heavy (non-hydrogen) atoms. The summed E-state index contributed by atoms with van der Waals surface area (Å²) in [5, 5.41) is 11.6. The molecule has 1 aromatic carbocycles. The van der Waals surface area contributed by atoms with Gasteiger partial charge < -0.3 is 9.58 Å². The van der Waals surface area contributed by atoms with Gasteiger partial charge in [0.25, 0.3) is 5.54 Å². The van der Waals surface area contributed by atoms with Crippen molar-refractivity contribution in [3.63, 3.8) is 0 Å². The molecule has 2 fully saturated rings. The van der Waals surface area contributed by atoms with Crippen molar-refractivity contribution < 1.29 is 9.53 Å². The number of hydrogen-bond acceptors (Lipinski definition) is 5. The van der Waals surface area contributed by atoms with Crippen LogP contribution in [0.4, 0.5) is 10.5 Å². The maximum Gasteiger partial charge on any atom is 0.414 e. The summed E-state index contributed by atoms with van der Waals surface area (Å²) < 4.78 is 5.34. The molecule has 7 nitrogen and oxygen atoms in total. The molecule has 0 bridgehead atoms. The number of aliphatic imine (C=N–C) groups is 1. The molecule has 0 radical (unpaired) electrons. The Morgan fingerprint density at radius 1 is 1.56 bits per heavy atom. The molecular weight excluding hydrogens is 338 g/mol. The second-order valence-corrected chi connectivity index (χ2v) is 6.69. The van der Waals surface area contributed by atoms with Gasteiger partial charge in [0.05, 0.1) is 13.1 Å². The average Bonchev–Trinajstić information content (AvgIpc) is 3.35. The molecule has 1 unspecified atom stereocenters. The lowest BCUT2D eigenvalue weighted by Crippen LogP contribution is -2.25. The first-order chi connectivity index (χ1) is 12.1. The monoisotopic (exact) mass is 355 g/mol. The van der Waals surface area contributed by atoms with Crippen molar-refractivity contribution in [2.45, 2.75) is 24.5 Å². The van der Waals surface area contributed by atoms with E-state index in [0.29, 0.717) is 18.3 Å². The standard InChI is InChI=1S/C17H17N5O2S/c1-19-17(7-8-17)12-3-5-13(6-4-12)22-10-14(24-16(22)23)9-20-15(25-2)21-11-18/h3-6,14H,7-10H2,2H3,(H,20,21). The molecule has 1 N–H and O–H groups in total. The van der Waals surface area contributed by atoms with Crippen molar-refractivity contribution in [2.75, 3.05) is 24.2 Å². The van der Waals surface area contributed by atoms with Gasteiger partial charge in [0.15, 0.2) is 11.4 Å². The van der Waals surface area contributed by atoms with Gasteiger partial charge in [-0.3, -0.25) is 15.2 Å². The molecule has 8 heteroatoms. The zero-order valence-corrected chi connectivity index (χ0v) is 14.5. The minimum absolute atomic E-state index is 0.298. The molecule has 1 heterocycles. The Hall–Kier alpha value is -2.71. The van der Waals surface area contributed by atoms with Crippen LogP contribution in [-0.2, 0) is 10.3 Å². The van der Waals surface area contributed by atoms with Crippen molar-refractivity contribution in [1.82, 2.24) is 5.32 Å². The van der Waals surface area contributed by atoms with E-state index in [0.717, 1.165) is 24.1 Å². The summed E-state index contributed by atoms with van der Waals surface area (Å²) in [6, 6.07) is 7.56. The number of carbonyl (C=O) groups excluding carboxylic acids is 1. The van der Waals surface area contributed by atoms with Crippen molar-refractivity contribution in [3.05, 3.63) is 41.2 Å². The van der Waals surface area contributed by atoms with Crippen molar-refractivity contribution in [3.8, 4) is 6.19 Å². The third-order valence-electron chi connectivity index (χ3n) is 4.32. The van der Waals surface area contributed by atoms with Crippen LogP contribution in [0.15, 0.2) is 29.3 Å². The summed E-state index contributed by atoms with van der Waals surface area (Å²) in [5.74, 6) is 0. The first-order valence-corrected chi connectivity index (χ1v) is 9.05. The summed E-state index contributed by atoms with van der Waals surface area (Å²) >= 11 is 1.33. The van der Waals surface area contributed by atoms with Gasteiger partial charge in [-0.1, -0.05) is 11.8 Å². The van der Waals surface area contributed by atoms with Crippen LogP contribution in [-0.4, -0.2) is 36.7 Å². The van der Waals surface area contributed by atoms with E-state index >= 15 is 0 Å². The largest absolute Gasteiger partial charge is 0.442 e. The summed E-state index contributed by atoms with van der Waals surface area (Å²) in [4.78, 5) is 21.6. The number of nitriles is 1. The topological polar surface area (TPSA) is 82.1 Å². The van der Waals surface area contributed by atoms with Crippen LogP contribution in [0, 0.1) is 18.0 Å². The molecule has 3 rings (SSSR count). The summed E-state index contributed by atoms with van der Waals surface area (Å²) in [6.45, 7) is 8.02. The number of thioether (sulfide) groups is 1. The van der Waals surface area contributed by atoms with E-state index in [4.69, 9.17) is 16.6 Å². The van der Waals surface area contributed by atoms with Gasteiger partial charge in [0.1, 0.15) is 6.10 Å². The van der Waals surface area contributed by atoms with E-state index in [-0.39, 0.29) is 11.6 Å². The smallest absolute Gasteiger partial charge is 0.414 e. The Balaban J connectivity index is 1.65. The molecular formula is C17H17N5O2S. The molecule has 1 aliphatic heterocycles. The summed E-state index contributed by atoms with van der Waals surface area (Å²) in [5.41, 5.74) is 1.41. The Kier molecular flexibility index (Phi) is 4.82. The van der Waals surface area contributed by atoms with Gasteiger partial charge in [-0.25, -0.2) is 11.4 Å². The van der Waals surface area contributed by atoms with Gasteiger partial charge in [-0.2, -0.15) is 5.26 Å². The zero-order chi connectivity index (χ0) is 17.9. The number of carbonyl (C=O) groups is 1. The Morgan fingerprint density at radius 2 is 2.28 bits per heavy atom. The maximum atomic E-state index is 12.1. The van der Waals surface area contributed by atoms with Crippen molar-refractivity contribution in [1.29, 1.82) is 5.26 Å². The highest BCUT2D eigenvalue weighted by Gasteiger charge is 2.52. The van der Waals surface area contributed by atoms with Gasteiger partial charge >= 0.3 is 6.09 Å². The molecule has 1 amide bonds. The number of rotatable bonds is 4. The number of ether oxygens (including phenoxy) is 1. The van der Waals surface area contributed by atoms with E-state index in [1.54, 1.807) is 4.90 Å². The number of amides is 1. The Bertz CT molecular complexity index is 774. The van der Waals surface area contributed by atoms with E-state index in [1.165, 1.54) is 11.8 Å². The van der Waals surface area contributed by atoms with Gasteiger partial charge in [0.2, 0.25) is 0 Å². The Morgan fingerprint density at radius 3 is 2.84 bits per heavy atom. The lowest BCUT2D eigenvalue weighted by atomic mass is 10.1. The lowest BCUT2D eigenvalue weighted by Gasteiger charge is -2.13. The highest BCUT2D eigenvalue weighted by Crippen LogP contribution is 2.49. The molecule has 2 aliphatic rings. The second-order valence-electron chi connectivity index (χ2n) is 5.89. The molecule has 0 spiro atoms. The fraction of sp³-hybridized carbons (Fsp3) is 0.412. The van der Waals surface area contributed by atoms with Crippen molar-refractivity contribution >= 4 is 28.7 Å². The first kappa shape index (κ1) is 17.1. The molecule has 1 atom stereocenters. The van der Waals surface area contributed by atoms with Gasteiger partial charge in [-0.05, 0) is 30.5 Å². The van der Waals surface area contributed by atoms with Crippen LogP contribution in [0.5, 0.6) is 0 Å². The number of nitrogens with zero attached hydrogens (tertiary/aromatic N) is 4. The maximum absolute atomic E-state index is 12.1. The lowest BCUT2D eigenvalue weighted by molar-refractivity contribution is 0.145. The minimum atomic E-state index is -0.404. The molecule has 1 aromatic rings. The summed E-state index contributed by atoms with van der Waals surface area (Å²) in [7, 11) is 0. The number of amidine groups is 1. The van der Waals surface area contributed by atoms with E-state index in [9.17, 15) is 4.79 Å². The second kappa shape index (κ2) is 7.04. The average molecular weight is 355 g/mol. The van der Waals surface area contributed by atoms with E-state index in [2.05, 4.69) is 15.2 Å². The number of hydrogen-bond donors (Lipinski definition) is 1. The predicted octanol–water partition coefficient (Wildman–Crippen LogP) is 2.71. The van der Waals surface area contributed by atoms with Crippen LogP contribution in [0.1, 0.15) is 18.4 Å². The van der Waals surface area contributed by atoms with Gasteiger partial charge in [0, 0.05) is 24.1 Å². The molecule has 1 aliphatic carbocycles. The number of benzene rings is 1. The summed E-state index contributed by atoms with van der Waals surface area (Å²) in [6.07, 6.45) is 4.68. The fourth-order valence-electron chi connectivity index (χ4n) is 2.75. The zero-order valence-electron chi connectivity index (χ0n) is 13.7. The highest BCUT2D eigenvalue weighted by molar-refractivity contribution is 8.13. The number of anilines is 1. The normalized spacial score (nSPS) is 21.2. The fourth-order valence-corrected chi connectivity index (χ4v) is 3.10. The minimum Gasteiger partial charge on any atom is -0.442 e. The third kappa shape index (κ3) is 3.54. The van der Waals surface area contributed by atoms with Crippen LogP contribution in [0.3, 0.4) is 0 Å². The quantitative estimate of drug-likeness (QED) is 0.295. The molecule has 1 saturated heterocycles. The first-order valence-electron chi connectivity index (χ1n) is 7.83. The molecule has 0 aromatic heterocycles. The van der Waals surface area contributed by atoms with Crippen LogP contribution in [0.25, 0.3) is 4.85 Å². The number of nitrogens with one attached hydrogen (secondary N) is 1. The van der Waals surface area contributed by atoms with E-state index < -0.39 is 6.09 Å². The van der Waals surface area contributed by atoms with Crippen molar-refractivity contribution in [2.24, 2.45) is 4.99 Å². The SMILES string of the molecule is [C-]#[N+]C1(c2ccc(N3CC(CN=C(NC#N)SC)OC3=O)cc2)CC1. The van der Waals surface area contributed by atoms with Crippen LogP contribution in [0.2, 0.25) is 0 Å². The van der Waals surface area contributed by atoms with Crippen LogP contribution < -0.4 is 10.2 Å². The molecule has 128 valence electrons. The molecule has 1 saturated carbocycles.